The smallest absolute Gasteiger partial charge is 0.416 e. The maximum atomic E-state index is 12.8. The third-order valence-electron chi connectivity index (χ3n) is 4.88. The molecule has 1 amide bonds. The Labute approximate surface area is 179 Å². The lowest BCUT2D eigenvalue weighted by Gasteiger charge is -2.28. The van der Waals surface area contributed by atoms with Gasteiger partial charge in [-0.25, -0.2) is 4.99 Å². The number of alkyl halides is 3. The monoisotopic (exact) mass is 434 g/mol. The summed E-state index contributed by atoms with van der Waals surface area (Å²) in [6, 6.07) is 12.5. The van der Waals surface area contributed by atoms with Crippen LogP contribution >= 0.6 is 0 Å². The van der Waals surface area contributed by atoms with Crippen LogP contribution in [0.25, 0.3) is 0 Å². The fraction of sp³-hybridized carbons (Fsp3) is 0.364. The van der Waals surface area contributed by atoms with Crippen LogP contribution in [0, 0.1) is 0 Å². The standard InChI is InChI=1S/C22H25F3N4O2/c1-29(2)20(30)14-27-21(26-13-15-7-9-16(10-8-15)22(23,24)25)28-18-11-12-31-19-6-4-3-5-17(18)19/h3-10,18H,11-14H2,1-2H3,(H2,26,27,28). The number of rotatable bonds is 5. The van der Waals surface area contributed by atoms with E-state index in [1.807, 2.05) is 24.3 Å². The number of benzene rings is 2. The predicted octanol–water partition coefficient (Wildman–Crippen LogP) is 3.35. The zero-order chi connectivity index (χ0) is 22.4. The number of fused-ring (bicyclic) bond motifs is 1. The van der Waals surface area contributed by atoms with Gasteiger partial charge >= 0.3 is 6.18 Å². The van der Waals surface area contributed by atoms with Crippen LogP contribution in [0.5, 0.6) is 5.75 Å². The van der Waals surface area contributed by atoms with Gasteiger partial charge in [-0.2, -0.15) is 13.2 Å². The molecule has 0 spiro atoms. The molecule has 166 valence electrons. The number of hydrogen-bond donors (Lipinski definition) is 2. The number of guanidine groups is 1. The van der Waals surface area contributed by atoms with Gasteiger partial charge < -0.3 is 20.3 Å². The highest BCUT2D eigenvalue weighted by molar-refractivity contribution is 5.86. The van der Waals surface area contributed by atoms with Gasteiger partial charge in [-0.3, -0.25) is 4.79 Å². The lowest BCUT2D eigenvalue weighted by molar-refractivity contribution is -0.137. The van der Waals surface area contributed by atoms with Crippen molar-refractivity contribution in [3.8, 4) is 5.75 Å². The number of carbonyl (C=O) groups excluding carboxylic acids is 1. The first kappa shape index (κ1) is 22.5. The third-order valence-corrected chi connectivity index (χ3v) is 4.88. The molecular formula is C22H25F3N4O2. The minimum Gasteiger partial charge on any atom is -0.493 e. The largest absolute Gasteiger partial charge is 0.493 e. The second-order valence-corrected chi connectivity index (χ2v) is 7.37. The molecule has 6 nitrogen and oxygen atoms in total. The molecule has 0 radical (unpaired) electrons. The van der Waals surface area contributed by atoms with Crippen molar-refractivity contribution in [1.29, 1.82) is 0 Å². The van der Waals surface area contributed by atoms with E-state index in [-0.39, 0.29) is 25.0 Å². The molecule has 1 atom stereocenters. The van der Waals surface area contributed by atoms with Crippen molar-refractivity contribution in [2.24, 2.45) is 4.99 Å². The van der Waals surface area contributed by atoms with Gasteiger partial charge in [0.2, 0.25) is 5.91 Å². The number of hydrogen-bond acceptors (Lipinski definition) is 3. The molecule has 0 saturated carbocycles. The first-order valence-corrected chi connectivity index (χ1v) is 9.87. The van der Waals surface area contributed by atoms with Gasteiger partial charge in [-0.1, -0.05) is 30.3 Å². The summed E-state index contributed by atoms with van der Waals surface area (Å²) in [6.45, 7) is 0.739. The van der Waals surface area contributed by atoms with E-state index in [0.29, 0.717) is 24.6 Å². The molecule has 0 saturated heterocycles. The Kier molecular flexibility index (Phi) is 7.04. The van der Waals surface area contributed by atoms with Crippen LogP contribution < -0.4 is 15.4 Å². The summed E-state index contributed by atoms with van der Waals surface area (Å²) in [6.07, 6.45) is -3.67. The maximum Gasteiger partial charge on any atom is 0.416 e. The van der Waals surface area contributed by atoms with Crippen molar-refractivity contribution in [2.75, 3.05) is 27.2 Å². The first-order valence-electron chi connectivity index (χ1n) is 9.87. The number of para-hydroxylation sites is 1. The fourth-order valence-electron chi connectivity index (χ4n) is 3.10. The van der Waals surface area contributed by atoms with E-state index in [2.05, 4.69) is 15.6 Å². The zero-order valence-electron chi connectivity index (χ0n) is 17.4. The van der Waals surface area contributed by atoms with Crippen molar-refractivity contribution >= 4 is 11.9 Å². The van der Waals surface area contributed by atoms with E-state index < -0.39 is 11.7 Å². The SMILES string of the molecule is CN(C)C(=O)CNC(=NCc1ccc(C(F)(F)F)cc1)NC1CCOc2ccccc21. The number of nitrogens with one attached hydrogen (secondary N) is 2. The Morgan fingerprint density at radius 1 is 1.16 bits per heavy atom. The Morgan fingerprint density at radius 3 is 2.55 bits per heavy atom. The highest BCUT2D eigenvalue weighted by Crippen LogP contribution is 2.31. The average molecular weight is 434 g/mol. The molecule has 1 unspecified atom stereocenters. The molecule has 0 aromatic heterocycles. The Bertz CT molecular complexity index is 927. The second-order valence-electron chi connectivity index (χ2n) is 7.37. The molecule has 9 heteroatoms. The van der Waals surface area contributed by atoms with Gasteiger partial charge in [0, 0.05) is 26.1 Å². The van der Waals surface area contributed by atoms with Crippen LogP contribution in [0.1, 0.15) is 29.2 Å². The number of carbonyl (C=O) groups is 1. The zero-order valence-corrected chi connectivity index (χ0v) is 17.4. The molecular weight excluding hydrogens is 409 g/mol. The molecule has 2 N–H and O–H groups in total. The number of nitrogens with zero attached hydrogens (tertiary/aromatic N) is 2. The van der Waals surface area contributed by atoms with Gasteiger partial charge in [-0.05, 0) is 23.8 Å². The van der Waals surface area contributed by atoms with E-state index in [1.165, 1.54) is 17.0 Å². The van der Waals surface area contributed by atoms with Gasteiger partial charge in [0.25, 0.3) is 0 Å². The number of ether oxygens (including phenoxy) is 1. The number of aliphatic imine (C=N–C) groups is 1. The van der Waals surface area contributed by atoms with E-state index in [4.69, 9.17) is 4.74 Å². The van der Waals surface area contributed by atoms with Crippen molar-refractivity contribution in [3.05, 3.63) is 65.2 Å². The van der Waals surface area contributed by atoms with Crippen molar-refractivity contribution in [2.45, 2.75) is 25.2 Å². The number of halogens is 3. The topological polar surface area (TPSA) is 66.0 Å². The van der Waals surface area contributed by atoms with Crippen LogP contribution in [-0.4, -0.2) is 44.0 Å². The molecule has 3 rings (SSSR count). The summed E-state index contributed by atoms with van der Waals surface area (Å²) in [5.74, 6) is 1.06. The maximum absolute atomic E-state index is 12.8. The van der Waals surface area contributed by atoms with E-state index >= 15 is 0 Å². The number of likely N-dealkylation sites (N-methyl/N-ethyl adjacent to an activating group) is 1. The Hall–Kier alpha value is -3.23. The molecule has 0 aliphatic carbocycles. The number of amides is 1. The van der Waals surface area contributed by atoms with Gasteiger partial charge in [0.05, 0.1) is 31.3 Å². The lowest BCUT2D eigenvalue weighted by Crippen LogP contribution is -2.45. The highest BCUT2D eigenvalue weighted by Gasteiger charge is 2.30. The Balaban J connectivity index is 1.75. The molecule has 0 bridgehead atoms. The third kappa shape index (κ3) is 6.13. The van der Waals surface area contributed by atoms with Crippen LogP contribution in [0.4, 0.5) is 13.2 Å². The van der Waals surface area contributed by atoms with Crippen molar-refractivity contribution < 1.29 is 22.7 Å². The summed E-state index contributed by atoms with van der Waals surface area (Å²) < 4.78 is 44.0. The second kappa shape index (κ2) is 9.72. The van der Waals surface area contributed by atoms with Crippen LogP contribution in [0.15, 0.2) is 53.5 Å². The van der Waals surface area contributed by atoms with Gasteiger partial charge in [0.1, 0.15) is 5.75 Å². The summed E-state index contributed by atoms with van der Waals surface area (Å²) in [7, 11) is 3.32. The fourth-order valence-corrected chi connectivity index (χ4v) is 3.10. The van der Waals surface area contributed by atoms with Crippen LogP contribution in [-0.2, 0) is 17.5 Å². The molecule has 0 fully saturated rings. The molecule has 2 aromatic carbocycles. The van der Waals surface area contributed by atoms with Gasteiger partial charge in [-0.15, -0.1) is 0 Å². The molecule has 2 aromatic rings. The van der Waals surface area contributed by atoms with E-state index in [0.717, 1.165) is 23.4 Å². The quantitative estimate of drug-likeness (QED) is 0.560. The highest BCUT2D eigenvalue weighted by atomic mass is 19.4. The average Bonchev–Trinajstić information content (AvgIpc) is 2.75. The minimum absolute atomic E-state index is 0.0384. The molecule has 1 aliphatic heterocycles. The van der Waals surface area contributed by atoms with Crippen LogP contribution in [0.3, 0.4) is 0 Å². The summed E-state index contributed by atoms with van der Waals surface area (Å²) in [5.41, 5.74) is 0.907. The Morgan fingerprint density at radius 2 is 1.87 bits per heavy atom. The van der Waals surface area contributed by atoms with Crippen LogP contribution in [0.2, 0.25) is 0 Å². The van der Waals surface area contributed by atoms with Crippen molar-refractivity contribution in [3.63, 3.8) is 0 Å². The molecule has 1 aliphatic rings. The minimum atomic E-state index is -4.38. The predicted molar refractivity (Wildman–Crippen MR) is 112 cm³/mol. The lowest BCUT2D eigenvalue weighted by atomic mass is 10.0. The van der Waals surface area contributed by atoms with Gasteiger partial charge in [0.15, 0.2) is 5.96 Å². The summed E-state index contributed by atoms with van der Waals surface area (Å²) in [4.78, 5) is 17.9. The normalized spacial score (nSPS) is 16.2. The van der Waals surface area contributed by atoms with E-state index in [9.17, 15) is 18.0 Å². The molecule has 1 heterocycles. The summed E-state index contributed by atoms with van der Waals surface area (Å²) >= 11 is 0. The van der Waals surface area contributed by atoms with E-state index in [1.54, 1.807) is 14.1 Å². The molecule has 31 heavy (non-hydrogen) atoms. The van der Waals surface area contributed by atoms with Crippen molar-refractivity contribution in [1.82, 2.24) is 15.5 Å². The summed E-state index contributed by atoms with van der Waals surface area (Å²) in [5, 5.41) is 6.33. The first-order chi connectivity index (χ1) is 14.7.